The maximum absolute atomic E-state index is 11.8. The maximum Gasteiger partial charge on any atom is 0.410 e. The molecule has 7 nitrogen and oxygen atoms in total. The van der Waals surface area contributed by atoms with E-state index in [2.05, 4.69) is 0 Å². The Balaban J connectivity index is 2.56. The Morgan fingerprint density at radius 2 is 2.11 bits per heavy atom. The minimum Gasteiger partial charge on any atom is -0.444 e. The van der Waals surface area contributed by atoms with Gasteiger partial charge in [-0.25, -0.2) is 18.4 Å². The van der Waals surface area contributed by atoms with Crippen molar-refractivity contribution in [1.82, 2.24) is 4.90 Å². The minimum absolute atomic E-state index is 0.172. The van der Waals surface area contributed by atoms with Crippen LogP contribution in [0.5, 0.6) is 0 Å². The van der Waals surface area contributed by atoms with Crippen LogP contribution >= 0.6 is 0 Å². The topological polar surface area (TPSA) is 98.9 Å². The van der Waals surface area contributed by atoms with Crippen molar-refractivity contribution in [3.8, 4) is 0 Å². The molecule has 1 heterocycles. The number of hydrogen-bond donors (Lipinski definition) is 1. The maximum atomic E-state index is 11.8. The smallest absolute Gasteiger partial charge is 0.410 e. The molecule has 1 unspecified atom stereocenters. The summed E-state index contributed by atoms with van der Waals surface area (Å²) >= 11 is 0. The van der Waals surface area contributed by atoms with Crippen LogP contribution in [0.15, 0.2) is 0 Å². The Bertz CT molecular complexity index is 401. The van der Waals surface area contributed by atoms with Crippen molar-refractivity contribution in [1.29, 1.82) is 0 Å². The van der Waals surface area contributed by atoms with Crippen LogP contribution in [0.1, 0.15) is 20.8 Å². The highest BCUT2D eigenvalue weighted by Gasteiger charge is 2.29. The fourth-order valence-electron chi connectivity index (χ4n) is 1.57. The van der Waals surface area contributed by atoms with Gasteiger partial charge in [-0.1, -0.05) is 0 Å². The van der Waals surface area contributed by atoms with Gasteiger partial charge in [0.1, 0.15) is 5.60 Å². The number of amides is 1. The molecular formula is C10H20N2O5S. The number of morpholine rings is 1. The van der Waals surface area contributed by atoms with Crippen molar-refractivity contribution in [3.63, 3.8) is 0 Å². The van der Waals surface area contributed by atoms with E-state index in [1.165, 1.54) is 4.90 Å². The van der Waals surface area contributed by atoms with Gasteiger partial charge in [0, 0.05) is 6.54 Å². The van der Waals surface area contributed by atoms with Gasteiger partial charge >= 0.3 is 6.09 Å². The quantitative estimate of drug-likeness (QED) is 0.762. The molecule has 1 saturated heterocycles. The molecule has 1 atom stereocenters. The van der Waals surface area contributed by atoms with Crippen molar-refractivity contribution in [3.05, 3.63) is 0 Å². The summed E-state index contributed by atoms with van der Waals surface area (Å²) in [5.74, 6) is -0.299. The van der Waals surface area contributed by atoms with E-state index in [4.69, 9.17) is 14.6 Å². The monoisotopic (exact) mass is 280 g/mol. The molecule has 1 rings (SSSR count). The van der Waals surface area contributed by atoms with E-state index in [0.29, 0.717) is 6.54 Å². The van der Waals surface area contributed by atoms with Gasteiger partial charge in [0.05, 0.1) is 25.0 Å². The average molecular weight is 280 g/mol. The molecule has 1 aliphatic heterocycles. The standard InChI is InChI=1S/C10H20N2O5S/c1-10(2,3)17-9(13)12-4-5-16-8(6-12)7-18(11,14)15/h8H,4-7H2,1-3H3,(H2,11,14,15). The van der Waals surface area contributed by atoms with Gasteiger partial charge in [-0.05, 0) is 20.8 Å². The van der Waals surface area contributed by atoms with Crippen LogP contribution in [0.2, 0.25) is 0 Å². The third-order valence-corrected chi connectivity index (χ3v) is 3.05. The zero-order valence-corrected chi connectivity index (χ0v) is 11.7. The van der Waals surface area contributed by atoms with Crippen molar-refractivity contribution < 1.29 is 22.7 Å². The van der Waals surface area contributed by atoms with Crippen molar-refractivity contribution in [2.75, 3.05) is 25.4 Å². The minimum atomic E-state index is -3.61. The Kier molecular flexibility index (Phi) is 4.57. The molecule has 18 heavy (non-hydrogen) atoms. The Hall–Kier alpha value is -0.860. The number of nitrogens with two attached hydrogens (primary N) is 1. The summed E-state index contributed by atoms with van der Waals surface area (Å²) < 4.78 is 32.4. The van der Waals surface area contributed by atoms with Crippen LogP contribution in [0, 0.1) is 0 Å². The first-order chi connectivity index (χ1) is 8.07. The van der Waals surface area contributed by atoms with E-state index in [1.807, 2.05) is 0 Å². The molecule has 8 heteroatoms. The van der Waals surface area contributed by atoms with Crippen LogP contribution in [0.25, 0.3) is 0 Å². The van der Waals surface area contributed by atoms with Crippen LogP contribution in [0.3, 0.4) is 0 Å². The summed E-state index contributed by atoms with van der Waals surface area (Å²) in [6, 6.07) is 0. The summed E-state index contributed by atoms with van der Waals surface area (Å²) in [5, 5.41) is 4.95. The zero-order chi connectivity index (χ0) is 14.0. The van der Waals surface area contributed by atoms with Crippen molar-refractivity contribution in [2.24, 2.45) is 5.14 Å². The van der Waals surface area contributed by atoms with Gasteiger partial charge in [-0.3, -0.25) is 0 Å². The van der Waals surface area contributed by atoms with E-state index in [9.17, 15) is 13.2 Å². The lowest BCUT2D eigenvalue weighted by molar-refractivity contribution is -0.0342. The number of carbonyl (C=O) groups excluding carboxylic acids is 1. The fourth-order valence-corrected chi connectivity index (χ4v) is 2.29. The van der Waals surface area contributed by atoms with Crippen LogP contribution in [-0.4, -0.2) is 56.6 Å². The van der Waals surface area contributed by atoms with E-state index in [1.54, 1.807) is 20.8 Å². The van der Waals surface area contributed by atoms with Gasteiger partial charge in [0.2, 0.25) is 10.0 Å². The fraction of sp³-hybridized carbons (Fsp3) is 0.900. The van der Waals surface area contributed by atoms with Gasteiger partial charge in [0.25, 0.3) is 0 Å². The number of sulfonamides is 1. The molecule has 1 amide bonds. The molecular weight excluding hydrogens is 260 g/mol. The number of rotatable bonds is 2. The normalized spacial score (nSPS) is 21.8. The predicted molar refractivity (Wildman–Crippen MR) is 65.5 cm³/mol. The lowest BCUT2D eigenvalue weighted by Crippen LogP contribution is -2.49. The molecule has 0 aliphatic carbocycles. The van der Waals surface area contributed by atoms with Gasteiger partial charge in [-0.2, -0.15) is 0 Å². The summed E-state index contributed by atoms with van der Waals surface area (Å²) in [5.41, 5.74) is -0.579. The Labute approximate surface area is 107 Å². The van der Waals surface area contributed by atoms with Crippen molar-refractivity contribution in [2.45, 2.75) is 32.5 Å². The van der Waals surface area contributed by atoms with Crippen LogP contribution in [0.4, 0.5) is 4.79 Å². The second-order valence-electron chi connectivity index (χ2n) is 5.25. The highest BCUT2D eigenvalue weighted by Crippen LogP contribution is 2.13. The zero-order valence-electron chi connectivity index (χ0n) is 10.9. The first-order valence-electron chi connectivity index (χ1n) is 5.67. The third kappa shape index (κ3) is 5.65. The molecule has 0 radical (unpaired) electrons. The summed E-state index contributed by atoms with van der Waals surface area (Å²) in [6.07, 6.45) is -1.06. The highest BCUT2D eigenvalue weighted by atomic mass is 32.2. The second kappa shape index (κ2) is 5.41. The predicted octanol–water partition coefficient (Wildman–Crippen LogP) is -0.0892. The second-order valence-corrected chi connectivity index (χ2v) is 6.91. The Morgan fingerprint density at radius 1 is 1.50 bits per heavy atom. The average Bonchev–Trinajstić information content (AvgIpc) is 2.12. The largest absolute Gasteiger partial charge is 0.444 e. The summed E-state index contributed by atoms with van der Waals surface area (Å²) in [6.45, 7) is 6.15. The van der Waals surface area contributed by atoms with Gasteiger partial charge in [-0.15, -0.1) is 0 Å². The van der Waals surface area contributed by atoms with Crippen LogP contribution in [-0.2, 0) is 19.5 Å². The van der Waals surface area contributed by atoms with Gasteiger partial charge < -0.3 is 14.4 Å². The number of nitrogens with zero attached hydrogens (tertiary/aromatic N) is 1. The van der Waals surface area contributed by atoms with Crippen LogP contribution < -0.4 is 5.14 Å². The van der Waals surface area contributed by atoms with E-state index < -0.39 is 27.8 Å². The molecule has 0 spiro atoms. The molecule has 0 bridgehead atoms. The SMILES string of the molecule is CC(C)(C)OC(=O)N1CCOC(CS(N)(=O)=O)C1. The molecule has 1 fully saturated rings. The summed E-state index contributed by atoms with van der Waals surface area (Å²) in [4.78, 5) is 13.2. The molecule has 0 aromatic rings. The Morgan fingerprint density at radius 3 is 2.61 bits per heavy atom. The van der Waals surface area contributed by atoms with Crippen molar-refractivity contribution >= 4 is 16.1 Å². The molecule has 0 saturated carbocycles. The van der Waals surface area contributed by atoms with Gasteiger partial charge in [0.15, 0.2) is 0 Å². The number of hydrogen-bond acceptors (Lipinski definition) is 5. The first-order valence-corrected chi connectivity index (χ1v) is 7.38. The number of primary sulfonamides is 1. The molecule has 106 valence electrons. The lowest BCUT2D eigenvalue weighted by Gasteiger charge is -2.33. The van der Waals surface area contributed by atoms with E-state index >= 15 is 0 Å². The van der Waals surface area contributed by atoms with E-state index in [0.717, 1.165) is 0 Å². The molecule has 0 aromatic heterocycles. The molecule has 1 aliphatic rings. The molecule has 2 N–H and O–H groups in total. The third-order valence-electron chi connectivity index (χ3n) is 2.21. The number of carbonyl (C=O) groups is 1. The van der Waals surface area contributed by atoms with E-state index in [-0.39, 0.29) is 18.9 Å². The number of ether oxygens (including phenoxy) is 2. The molecule has 0 aromatic carbocycles. The highest BCUT2D eigenvalue weighted by molar-refractivity contribution is 7.89. The first kappa shape index (κ1) is 15.2. The lowest BCUT2D eigenvalue weighted by atomic mass is 10.2. The summed E-state index contributed by atoms with van der Waals surface area (Å²) in [7, 11) is -3.61.